The van der Waals surface area contributed by atoms with Crippen molar-refractivity contribution < 1.29 is 9.18 Å². The minimum atomic E-state index is -0.324. The van der Waals surface area contributed by atoms with Crippen molar-refractivity contribution in [2.24, 2.45) is 5.10 Å². The lowest BCUT2D eigenvalue weighted by molar-refractivity contribution is 0.0954. The van der Waals surface area contributed by atoms with E-state index in [-0.39, 0.29) is 11.7 Å². The third-order valence-electron chi connectivity index (χ3n) is 4.27. The maximum Gasteiger partial charge on any atom is 0.272 e. The van der Waals surface area contributed by atoms with Crippen LogP contribution in [-0.2, 0) is 0 Å². The number of carbonyl (C=O) groups excluding carboxylic acids is 1. The summed E-state index contributed by atoms with van der Waals surface area (Å²) in [5.74, 6) is -0.582. The van der Waals surface area contributed by atoms with Crippen LogP contribution in [-0.4, -0.2) is 25.2 Å². The van der Waals surface area contributed by atoms with Gasteiger partial charge in [-0.05, 0) is 65.5 Å². The van der Waals surface area contributed by atoms with Gasteiger partial charge in [0.2, 0.25) is 0 Å². The first-order valence-corrected chi connectivity index (χ1v) is 8.98. The molecule has 2 aromatic rings. The summed E-state index contributed by atoms with van der Waals surface area (Å²) in [7, 11) is 0. The molecule has 0 aliphatic carbocycles. The summed E-state index contributed by atoms with van der Waals surface area (Å²) >= 11 is 3.33. The Labute approximate surface area is 154 Å². The topological polar surface area (TPSA) is 44.7 Å². The molecule has 1 aliphatic rings. The molecule has 0 bridgehead atoms. The quantitative estimate of drug-likeness (QED) is 0.612. The molecule has 0 saturated carbocycles. The normalized spacial score (nSPS) is 14.3. The molecule has 130 valence electrons. The summed E-state index contributed by atoms with van der Waals surface area (Å²) in [6.07, 6.45) is 3.67. The molecule has 1 aliphatic heterocycles. The molecule has 6 heteroatoms. The van der Waals surface area contributed by atoms with Gasteiger partial charge in [-0.3, -0.25) is 4.79 Å². The predicted molar refractivity (Wildman–Crippen MR) is 102 cm³/mol. The van der Waals surface area contributed by atoms with Crippen molar-refractivity contribution in [2.75, 3.05) is 18.0 Å². The molecule has 25 heavy (non-hydrogen) atoms. The van der Waals surface area contributed by atoms with Gasteiger partial charge in [0.1, 0.15) is 5.82 Å². The van der Waals surface area contributed by atoms with Gasteiger partial charge >= 0.3 is 0 Å². The Morgan fingerprint density at radius 1 is 1.28 bits per heavy atom. The number of anilines is 1. The minimum Gasteiger partial charge on any atom is -0.369 e. The van der Waals surface area contributed by atoms with E-state index in [9.17, 15) is 9.18 Å². The van der Waals surface area contributed by atoms with E-state index in [1.165, 1.54) is 12.3 Å². The van der Waals surface area contributed by atoms with Crippen LogP contribution < -0.4 is 10.3 Å². The van der Waals surface area contributed by atoms with E-state index in [2.05, 4.69) is 31.4 Å². The molecule has 1 saturated heterocycles. The molecule has 2 aromatic carbocycles. The number of amides is 1. The van der Waals surface area contributed by atoms with Crippen LogP contribution in [0.25, 0.3) is 0 Å². The van der Waals surface area contributed by atoms with Crippen molar-refractivity contribution in [1.29, 1.82) is 0 Å². The average Bonchev–Trinajstić information content (AvgIpc) is 3.12. The average molecular weight is 404 g/mol. The Bertz CT molecular complexity index is 816. The number of hydrogen-bond donors (Lipinski definition) is 1. The third-order valence-corrected chi connectivity index (χ3v) is 4.96. The Hall–Kier alpha value is -2.21. The fourth-order valence-electron chi connectivity index (χ4n) is 2.89. The lowest BCUT2D eigenvalue weighted by Gasteiger charge is -2.19. The number of hydrazone groups is 1. The van der Waals surface area contributed by atoms with Crippen molar-refractivity contribution in [1.82, 2.24) is 5.43 Å². The molecule has 0 aromatic heterocycles. The zero-order valence-electron chi connectivity index (χ0n) is 13.9. The zero-order valence-corrected chi connectivity index (χ0v) is 15.5. The second kappa shape index (κ2) is 7.78. The maximum atomic E-state index is 14.4. The number of nitrogens with zero attached hydrogens (tertiary/aromatic N) is 2. The molecule has 3 rings (SSSR count). The first-order valence-electron chi connectivity index (χ1n) is 8.19. The van der Waals surface area contributed by atoms with Gasteiger partial charge in [-0.1, -0.05) is 12.1 Å². The summed E-state index contributed by atoms with van der Waals surface area (Å²) in [6.45, 7) is 3.70. The van der Waals surface area contributed by atoms with Gasteiger partial charge < -0.3 is 4.90 Å². The molecule has 1 amide bonds. The van der Waals surface area contributed by atoms with Crippen LogP contribution >= 0.6 is 15.9 Å². The number of nitrogens with one attached hydrogen (secondary N) is 1. The molecular weight excluding hydrogens is 385 g/mol. The molecule has 0 unspecified atom stereocenters. The molecule has 1 N–H and O–H groups in total. The number of halogens is 2. The second-order valence-electron chi connectivity index (χ2n) is 6.03. The van der Waals surface area contributed by atoms with Crippen LogP contribution in [0.2, 0.25) is 0 Å². The largest absolute Gasteiger partial charge is 0.369 e. The molecule has 1 fully saturated rings. The molecule has 4 nitrogen and oxygen atoms in total. The van der Waals surface area contributed by atoms with Crippen molar-refractivity contribution in [3.8, 4) is 0 Å². The first-order chi connectivity index (χ1) is 12.1. The van der Waals surface area contributed by atoms with Crippen LogP contribution in [0.15, 0.2) is 46.0 Å². The van der Waals surface area contributed by atoms with Crippen LogP contribution in [0.3, 0.4) is 0 Å². The van der Waals surface area contributed by atoms with Gasteiger partial charge in [0.25, 0.3) is 5.91 Å². The van der Waals surface area contributed by atoms with Gasteiger partial charge in [0.15, 0.2) is 0 Å². The number of carbonyl (C=O) groups is 1. The monoisotopic (exact) mass is 403 g/mol. The number of aryl methyl sites for hydroxylation is 1. The van der Waals surface area contributed by atoms with E-state index in [1.807, 2.05) is 19.1 Å². The highest BCUT2D eigenvalue weighted by atomic mass is 79.9. The van der Waals surface area contributed by atoms with E-state index in [0.29, 0.717) is 21.3 Å². The predicted octanol–water partition coefficient (Wildman–Crippen LogP) is 4.26. The summed E-state index contributed by atoms with van der Waals surface area (Å²) in [6, 6.07) is 10.4. The highest BCUT2D eigenvalue weighted by Crippen LogP contribution is 2.26. The zero-order chi connectivity index (χ0) is 17.8. The van der Waals surface area contributed by atoms with Gasteiger partial charge in [0.05, 0.1) is 17.5 Å². The minimum absolute atomic E-state index is 0.258. The van der Waals surface area contributed by atoms with E-state index < -0.39 is 0 Å². The van der Waals surface area contributed by atoms with Crippen LogP contribution in [0.5, 0.6) is 0 Å². The summed E-state index contributed by atoms with van der Waals surface area (Å²) < 4.78 is 15.1. The van der Waals surface area contributed by atoms with E-state index in [4.69, 9.17) is 0 Å². The Morgan fingerprint density at radius 2 is 2.00 bits per heavy atom. The van der Waals surface area contributed by atoms with Crippen molar-refractivity contribution in [2.45, 2.75) is 19.8 Å². The molecular formula is C19H19BrFN3O. The highest BCUT2D eigenvalue weighted by molar-refractivity contribution is 9.10. The van der Waals surface area contributed by atoms with E-state index >= 15 is 0 Å². The van der Waals surface area contributed by atoms with Crippen molar-refractivity contribution in [3.63, 3.8) is 0 Å². The van der Waals surface area contributed by atoms with Gasteiger partial charge in [-0.25, -0.2) is 9.82 Å². The lowest BCUT2D eigenvalue weighted by Crippen LogP contribution is -2.20. The van der Waals surface area contributed by atoms with Gasteiger partial charge in [-0.15, -0.1) is 0 Å². The van der Waals surface area contributed by atoms with E-state index in [1.54, 1.807) is 18.2 Å². The fourth-order valence-corrected chi connectivity index (χ4v) is 3.35. The summed E-state index contributed by atoms with van der Waals surface area (Å²) in [4.78, 5) is 14.2. The van der Waals surface area contributed by atoms with Gasteiger partial charge in [-0.2, -0.15) is 5.10 Å². The Balaban J connectivity index is 1.72. The maximum absolute atomic E-state index is 14.4. The molecule has 0 radical (unpaired) electrons. The van der Waals surface area contributed by atoms with Gasteiger partial charge in [0, 0.05) is 23.1 Å². The molecule has 0 spiro atoms. The molecule has 0 atom stereocenters. The number of rotatable bonds is 4. The van der Waals surface area contributed by atoms with Crippen LogP contribution in [0.1, 0.15) is 34.3 Å². The van der Waals surface area contributed by atoms with E-state index in [0.717, 1.165) is 31.5 Å². The lowest BCUT2D eigenvalue weighted by atomic mass is 10.1. The third kappa shape index (κ3) is 4.07. The van der Waals surface area contributed by atoms with Crippen molar-refractivity contribution >= 4 is 33.7 Å². The number of benzene rings is 2. The molecule has 1 heterocycles. The standard InChI is InChI=1S/C19H19BrFN3O/c1-13-10-18(24-8-4-5-9-24)17(21)11-14(13)12-22-23-19(25)15-6-2-3-7-16(15)20/h2-3,6-7,10-12H,4-5,8-9H2,1H3,(H,23,25)/b22-12-. The summed E-state index contributed by atoms with van der Waals surface area (Å²) in [5.41, 5.74) is 5.17. The fraction of sp³-hybridized carbons (Fsp3) is 0.263. The van der Waals surface area contributed by atoms with Crippen LogP contribution in [0, 0.1) is 12.7 Å². The summed E-state index contributed by atoms with van der Waals surface area (Å²) in [5, 5.41) is 3.96. The highest BCUT2D eigenvalue weighted by Gasteiger charge is 2.17. The van der Waals surface area contributed by atoms with Crippen molar-refractivity contribution in [3.05, 3.63) is 63.4 Å². The van der Waals surface area contributed by atoms with Crippen LogP contribution in [0.4, 0.5) is 10.1 Å². The number of hydrogen-bond acceptors (Lipinski definition) is 3. The Kier molecular flexibility index (Phi) is 5.48. The SMILES string of the molecule is Cc1cc(N2CCCC2)c(F)cc1/C=N\NC(=O)c1ccccc1Br. The smallest absolute Gasteiger partial charge is 0.272 e. The second-order valence-corrected chi connectivity index (χ2v) is 6.89. The first kappa shape index (κ1) is 17.6. The Morgan fingerprint density at radius 3 is 2.72 bits per heavy atom.